The zero-order chi connectivity index (χ0) is 14.8. The number of halogens is 1. The van der Waals surface area contributed by atoms with Gasteiger partial charge in [-0.2, -0.15) is 5.26 Å². The van der Waals surface area contributed by atoms with Crippen molar-refractivity contribution in [3.63, 3.8) is 0 Å². The van der Waals surface area contributed by atoms with Gasteiger partial charge in [-0.05, 0) is 34.1 Å². The first-order valence-corrected chi connectivity index (χ1v) is 7.00. The molecule has 0 saturated heterocycles. The van der Waals surface area contributed by atoms with Crippen LogP contribution in [0, 0.1) is 11.3 Å². The number of hydrogen-bond acceptors (Lipinski definition) is 4. The molecule has 0 bridgehead atoms. The standard InChI is InChI=1S/C15H11BrN4O/c1-21-13-7-9(8-17)6-12-14(13)20-15(19-12)18-11-5-3-2-4-10(11)16/h2-7H,1H3,(H2,18,19,20). The molecule has 3 rings (SSSR count). The van der Waals surface area contributed by atoms with Gasteiger partial charge in [0.2, 0.25) is 5.95 Å². The summed E-state index contributed by atoms with van der Waals surface area (Å²) in [5.74, 6) is 1.18. The van der Waals surface area contributed by atoms with E-state index in [4.69, 9.17) is 10.00 Å². The molecule has 0 saturated carbocycles. The molecule has 0 fully saturated rings. The number of nitriles is 1. The number of benzene rings is 2. The molecular formula is C15H11BrN4O. The summed E-state index contributed by atoms with van der Waals surface area (Å²) in [6.07, 6.45) is 0. The molecule has 5 nitrogen and oxygen atoms in total. The molecule has 2 N–H and O–H groups in total. The van der Waals surface area contributed by atoms with Gasteiger partial charge in [0.1, 0.15) is 11.3 Å². The first-order valence-electron chi connectivity index (χ1n) is 6.20. The van der Waals surface area contributed by atoms with Crippen molar-refractivity contribution in [1.29, 1.82) is 5.26 Å². The molecule has 0 aliphatic rings. The highest BCUT2D eigenvalue weighted by atomic mass is 79.9. The van der Waals surface area contributed by atoms with Crippen LogP contribution in [0.2, 0.25) is 0 Å². The summed E-state index contributed by atoms with van der Waals surface area (Å²) in [6, 6.07) is 13.3. The Morgan fingerprint density at radius 1 is 1.33 bits per heavy atom. The quantitative estimate of drug-likeness (QED) is 0.755. The van der Waals surface area contributed by atoms with Crippen LogP contribution >= 0.6 is 15.9 Å². The molecule has 0 aliphatic carbocycles. The lowest BCUT2D eigenvalue weighted by Crippen LogP contribution is -1.92. The summed E-state index contributed by atoms with van der Waals surface area (Å²) in [4.78, 5) is 7.61. The fourth-order valence-corrected chi connectivity index (χ4v) is 2.44. The molecule has 1 aromatic heterocycles. The van der Waals surface area contributed by atoms with Crippen LogP contribution in [0.15, 0.2) is 40.9 Å². The number of ether oxygens (including phenoxy) is 1. The molecule has 1 heterocycles. The number of rotatable bonds is 3. The van der Waals surface area contributed by atoms with Gasteiger partial charge in [-0.15, -0.1) is 0 Å². The van der Waals surface area contributed by atoms with Crippen LogP contribution in [0.4, 0.5) is 11.6 Å². The zero-order valence-corrected chi connectivity index (χ0v) is 12.7. The summed E-state index contributed by atoms with van der Waals surface area (Å²) in [5, 5.41) is 12.2. The fraction of sp³-hybridized carbons (Fsp3) is 0.0667. The number of anilines is 2. The van der Waals surface area contributed by atoms with Crippen LogP contribution in [0.3, 0.4) is 0 Å². The Labute approximate surface area is 129 Å². The molecule has 2 aromatic carbocycles. The third-order valence-corrected chi connectivity index (χ3v) is 3.72. The summed E-state index contributed by atoms with van der Waals surface area (Å²) >= 11 is 3.48. The molecule has 0 amide bonds. The first-order chi connectivity index (χ1) is 10.2. The number of aromatic nitrogens is 2. The van der Waals surface area contributed by atoms with Gasteiger partial charge in [-0.1, -0.05) is 12.1 Å². The molecule has 6 heteroatoms. The van der Waals surface area contributed by atoms with Crippen molar-refractivity contribution in [2.24, 2.45) is 0 Å². The monoisotopic (exact) mass is 342 g/mol. The highest BCUT2D eigenvalue weighted by Crippen LogP contribution is 2.29. The van der Waals surface area contributed by atoms with Gasteiger partial charge in [0.25, 0.3) is 0 Å². The van der Waals surface area contributed by atoms with Gasteiger partial charge >= 0.3 is 0 Å². The number of hydrogen-bond donors (Lipinski definition) is 2. The second kappa shape index (κ2) is 5.46. The highest BCUT2D eigenvalue weighted by molar-refractivity contribution is 9.10. The van der Waals surface area contributed by atoms with Crippen LogP contribution in [0.25, 0.3) is 11.0 Å². The fourth-order valence-electron chi connectivity index (χ4n) is 2.06. The van der Waals surface area contributed by atoms with Gasteiger partial charge in [0.05, 0.1) is 29.9 Å². The minimum absolute atomic E-state index is 0.512. The van der Waals surface area contributed by atoms with Crippen molar-refractivity contribution in [2.45, 2.75) is 0 Å². The van der Waals surface area contributed by atoms with E-state index in [1.54, 1.807) is 19.2 Å². The molecule has 21 heavy (non-hydrogen) atoms. The zero-order valence-electron chi connectivity index (χ0n) is 11.1. The molecule has 0 atom stereocenters. The van der Waals surface area contributed by atoms with Crippen LogP contribution in [0.5, 0.6) is 5.75 Å². The smallest absolute Gasteiger partial charge is 0.205 e. The van der Waals surface area contributed by atoms with Crippen LogP contribution in [-0.4, -0.2) is 17.1 Å². The predicted octanol–water partition coefficient (Wildman–Crippen LogP) is 3.95. The summed E-state index contributed by atoms with van der Waals surface area (Å²) in [5.41, 5.74) is 2.85. The maximum Gasteiger partial charge on any atom is 0.205 e. The maximum absolute atomic E-state index is 9.03. The van der Waals surface area contributed by atoms with Crippen molar-refractivity contribution in [2.75, 3.05) is 12.4 Å². The Balaban J connectivity index is 2.05. The van der Waals surface area contributed by atoms with Crippen molar-refractivity contribution in [1.82, 2.24) is 9.97 Å². The number of nitrogens with one attached hydrogen (secondary N) is 2. The highest BCUT2D eigenvalue weighted by Gasteiger charge is 2.11. The van der Waals surface area contributed by atoms with E-state index in [1.807, 2.05) is 24.3 Å². The second-order valence-corrected chi connectivity index (χ2v) is 5.23. The first kappa shape index (κ1) is 13.5. The molecule has 0 spiro atoms. The van der Waals surface area contributed by atoms with E-state index < -0.39 is 0 Å². The lowest BCUT2D eigenvalue weighted by molar-refractivity contribution is 0.419. The second-order valence-electron chi connectivity index (χ2n) is 4.37. The van der Waals surface area contributed by atoms with Gasteiger partial charge in [-0.25, -0.2) is 4.98 Å². The lowest BCUT2D eigenvalue weighted by Gasteiger charge is -2.04. The van der Waals surface area contributed by atoms with Gasteiger partial charge in [0, 0.05) is 10.5 Å². The van der Waals surface area contributed by atoms with Gasteiger partial charge < -0.3 is 15.0 Å². The number of fused-ring (bicyclic) bond motifs is 1. The van der Waals surface area contributed by atoms with Crippen LogP contribution in [0.1, 0.15) is 5.56 Å². The molecular weight excluding hydrogens is 332 g/mol. The summed E-state index contributed by atoms with van der Waals surface area (Å²) in [6.45, 7) is 0. The number of aromatic amines is 1. The van der Waals surface area contributed by atoms with Crippen molar-refractivity contribution >= 4 is 38.6 Å². The number of para-hydroxylation sites is 1. The SMILES string of the molecule is COc1cc(C#N)cc2nc(Nc3ccccc3Br)[nH]c12. The molecule has 0 radical (unpaired) electrons. The Hall–Kier alpha value is -2.52. The Kier molecular flexibility index (Phi) is 3.50. The average molecular weight is 343 g/mol. The Morgan fingerprint density at radius 3 is 2.86 bits per heavy atom. The van der Waals surface area contributed by atoms with E-state index in [9.17, 15) is 0 Å². The topological polar surface area (TPSA) is 73.7 Å². The van der Waals surface area contributed by atoms with Crippen molar-refractivity contribution in [3.05, 3.63) is 46.4 Å². The average Bonchev–Trinajstić information content (AvgIpc) is 2.90. The summed E-state index contributed by atoms with van der Waals surface area (Å²) < 4.78 is 6.24. The predicted molar refractivity (Wildman–Crippen MR) is 84.8 cm³/mol. The van der Waals surface area contributed by atoms with Crippen molar-refractivity contribution in [3.8, 4) is 11.8 Å². The van der Waals surface area contributed by atoms with E-state index in [2.05, 4.69) is 37.3 Å². The van der Waals surface area contributed by atoms with Crippen LogP contribution in [-0.2, 0) is 0 Å². The van der Waals surface area contributed by atoms with E-state index in [-0.39, 0.29) is 0 Å². The van der Waals surface area contributed by atoms with Crippen LogP contribution < -0.4 is 10.1 Å². The third-order valence-electron chi connectivity index (χ3n) is 3.03. The van der Waals surface area contributed by atoms with Gasteiger partial charge in [0.15, 0.2) is 0 Å². The molecule has 3 aromatic rings. The largest absolute Gasteiger partial charge is 0.494 e. The molecule has 0 aliphatic heterocycles. The Bertz CT molecular complexity index is 850. The minimum Gasteiger partial charge on any atom is -0.494 e. The van der Waals surface area contributed by atoms with E-state index in [0.29, 0.717) is 22.8 Å². The third kappa shape index (κ3) is 2.56. The van der Waals surface area contributed by atoms with Gasteiger partial charge in [-0.3, -0.25) is 0 Å². The van der Waals surface area contributed by atoms with Crippen molar-refractivity contribution < 1.29 is 4.74 Å². The molecule has 104 valence electrons. The summed E-state index contributed by atoms with van der Waals surface area (Å²) in [7, 11) is 1.57. The van der Waals surface area contributed by atoms with E-state index in [1.165, 1.54) is 0 Å². The lowest BCUT2D eigenvalue weighted by atomic mass is 10.2. The molecule has 0 unspecified atom stereocenters. The van der Waals surface area contributed by atoms with E-state index >= 15 is 0 Å². The minimum atomic E-state index is 0.512. The number of imidazole rings is 1. The number of methoxy groups -OCH3 is 1. The van der Waals surface area contributed by atoms with E-state index in [0.717, 1.165) is 15.7 Å². The Morgan fingerprint density at radius 2 is 2.14 bits per heavy atom. The number of nitrogens with zero attached hydrogens (tertiary/aromatic N) is 2. The maximum atomic E-state index is 9.03. The number of H-pyrrole nitrogens is 1. The normalized spacial score (nSPS) is 10.3.